The lowest BCUT2D eigenvalue weighted by Crippen LogP contribution is -2.39. The maximum atomic E-state index is 11.9. The summed E-state index contributed by atoms with van der Waals surface area (Å²) < 4.78 is 4.40. The molecule has 1 aromatic carbocycles. The predicted octanol–water partition coefficient (Wildman–Crippen LogP) is 2.79. The molecule has 0 aliphatic heterocycles. The molecule has 23 heavy (non-hydrogen) atoms. The van der Waals surface area contributed by atoms with E-state index in [2.05, 4.69) is 52.8 Å². The zero-order valence-electron chi connectivity index (χ0n) is 14.2. The Morgan fingerprint density at radius 3 is 2.70 bits per heavy atom. The van der Waals surface area contributed by atoms with Crippen molar-refractivity contribution < 1.29 is 4.79 Å². The number of hydrogen-bond acceptors (Lipinski definition) is 5. The molecule has 0 fully saturated rings. The Labute approximate surface area is 141 Å². The molecule has 1 N–H and O–H groups in total. The van der Waals surface area contributed by atoms with Gasteiger partial charge in [0.05, 0.1) is 6.54 Å². The molecule has 6 heteroatoms. The van der Waals surface area contributed by atoms with Gasteiger partial charge in [0.25, 0.3) is 0 Å². The molecular weight excluding hydrogens is 308 g/mol. The SMILES string of the molecule is CC[C@H](C)NC(=O)CN(C)c1nc(Cc2ccc(C)cc2)ns1. The highest BCUT2D eigenvalue weighted by molar-refractivity contribution is 7.09. The number of carbonyl (C=O) groups excluding carboxylic acids is 1. The van der Waals surface area contributed by atoms with Gasteiger partial charge in [0.1, 0.15) is 5.82 Å². The lowest BCUT2D eigenvalue weighted by molar-refractivity contribution is -0.120. The zero-order chi connectivity index (χ0) is 16.8. The third-order valence-electron chi connectivity index (χ3n) is 3.67. The van der Waals surface area contributed by atoms with Crippen molar-refractivity contribution in [3.8, 4) is 0 Å². The lowest BCUT2D eigenvalue weighted by Gasteiger charge is -2.17. The average Bonchev–Trinajstić information content (AvgIpc) is 2.98. The molecular formula is C17H24N4OS. The quantitative estimate of drug-likeness (QED) is 0.847. The van der Waals surface area contributed by atoms with Crippen LogP contribution in [-0.2, 0) is 11.2 Å². The van der Waals surface area contributed by atoms with Gasteiger partial charge in [-0.2, -0.15) is 4.37 Å². The molecule has 0 unspecified atom stereocenters. The standard InChI is InChI=1S/C17H24N4OS/c1-5-13(3)18-16(22)11-21(4)17-19-15(20-23-17)10-14-8-6-12(2)7-9-14/h6-9,13H,5,10-11H2,1-4H3,(H,18,22)/t13-/m0/s1. The molecule has 1 amide bonds. The molecule has 0 saturated carbocycles. The maximum absolute atomic E-state index is 11.9. The molecule has 0 bridgehead atoms. The third kappa shape index (κ3) is 5.32. The highest BCUT2D eigenvalue weighted by Crippen LogP contribution is 2.17. The highest BCUT2D eigenvalue weighted by atomic mass is 32.1. The number of amides is 1. The van der Waals surface area contributed by atoms with Crippen molar-refractivity contribution in [3.63, 3.8) is 0 Å². The Balaban J connectivity index is 1.92. The number of nitrogens with zero attached hydrogens (tertiary/aromatic N) is 3. The van der Waals surface area contributed by atoms with E-state index in [1.807, 2.05) is 18.9 Å². The van der Waals surface area contributed by atoms with Gasteiger partial charge in [-0.1, -0.05) is 36.8 Å². The smallest absolute Gasteiger partial charge is 0.239 e. The fraction of sp³-hybridized carbons (Fsp3) is 0.471. The number of nitrogens with one attached hydrogen (secondary N) is 1. The van der Waals surface area contributed by atoms with Crippen molar-refractivity contribution in [2.45, 2.75) is 39.7 Å². The largest absolute Gasteiger partial charge is 0.352 e. The first-order valence-corrected chi connectivity index (χ1v) is 8.64. The fourth-order valence-electron chi connectivity index (χ4n) is 2.07. The van der Waals surface area contributed by atoms with Gasteiger partial charge in [-0.3, -0.25) is 4.79 Å². The van der Waals surface area contributed by atoms with Crippen LogP contribution in [0.2, 0.25) is 0 Å². The van der Waals surface area contributed by atoms with Crippen LogP contribution in [0.25, 0.3) is 0 Å². The molecule has 0 radical (unpaired) electrons. The Hall–Kier alpha value is -1.95. The van der Waals surface area contributed by atoms with Crippen LogP contribution in [0.4, 0.5) is 5.13 Å². The van der Waals surface area contributed by atoms with Crippen molar-refractivity contribution >= 4 is 22.6 Å². The van der Waals surface area contributed by atoms with E-state index in [1.54, 1.807) is 0 Å². The normalized spacial score (nSPS) is 12.0. The van der Waals surface area contributed by atoms with E-state index in [-0.39, 0.29) is 11.9 Å². The van der Waals surface area contributed by atoms with Crippen molar-refractivity contribution in [2.24, 2.45) is 0 Å². The van der Waals surface area contributed by atoms with E-state index in [4.69, 9.17) is 0 Å². The molecule has 2 aromatic rings. The Morgan fingerprint density at radius 1 is 1.35 bits per heavy atom. The molecule has 1 atom stereocenters. The zero-order valence-corrected chi connectivity index (χ0v) is 15.0. The minimum atomic E-state index is 0.0112. The van der Waals surface area contributed by atoms with Crippen LogP contribution < -0.4 is 10.2 Å². The minimum Gasteiger partial charge on any atom is -0.352 e. The van der Waals surface area contributed by atoms with Gasteiger partial charge in [0.15, 0.2) is 0 Å². The molecule has 1 aromatic heterocycles. The van der Waals surface area contributed by atoms with Gasteiger partial charge in [-0.15, -0.1) is 0 Å². The minimum absolute atomic E-state index is 0.0112. The summed E-state index contributed by atoms with van der Waals surface area (Å²) in [7, 11) is 1.87. The summed E-state index contributed by atoms with van der Waals surface area (Å²) in [4.78, 5) is 18.3. The number of anilines is 1. The predicted molar refractivity (Wildman–Crippen MR) is 95.1 cm³/mol. The lowest BCUT2D eigenvalue weighted by atomic mass is 10.1. The van der Waals surface area contributed by atoms with Crippen LogP contribution in [0.5, 0.6) is 0 Å². The number of aromatic nitrogens is 2. The van der Waals surface area contributed by atoms with E-state index < -0.39 is 0 Å². The second-order valence-electron chi connectivity index (χ2n) is 5.89. The van der Waals surface area contributed by atoms with Gasteiger partial charge in [0.2, 0.25) is 11.0 Å². The number of rotatable bonds is 7. The van der Waals surface area contributed by atoms with Crippen LogP contribution in [0.3, 0.4) is 0 Å². The van der Waals surface area contributed by atoms with E-state index >= 15 is 0 Å². The molecule has 1 heterocycles. The van der Waals surface area contributed by atoms with E-state index in [0.717, 1.165) is 17.4 Å². The van der Waals surface area contributed by atoms with Crippen LogP contribution in [0, 0.1) is 6.92 Å². The summed E-state index contributed by atoms with van der Waals surface area (Å²) in [6, 6.07) is 8.57. The monoisotopic (exact) mass is 332 g/mol. The molecule has 0 spiro atoms. The van der Waals surface area contributed by atoms with Gasteiger partial charge in [-0.05, 0) is 25.8 Å². The summed E-state index contributed by atoms with van der Waals surface area (Å²) in [5.74, 6) is 0.806. The van der Waals surface area contributed by atoms with Crippen molar-refractivity contribution in [3.05, 3.63) is 41.2 Å². The topological polar surface area (TPSA) is 58.1 Å². The van der Waals surface area contributed by atoms with Crippen LogP contribution in [0.15, 0.2) is 24.3 Å². The van der Waals surface area contributed by atoms with Crippen LogP contribution in [-0.4, -0.2) is 34.9 Å². The van der Waals surface area contributed by atoms with Gasteiger partial charge in [-0.25, -0.2) is 4.98 Å². The second kappa shape index (κ2) is 8.06. The van der Waals surface area contributed by atoms with E-state index in [0.29, 0.717) is 13.0 Å². The Bertz CT molecular complexity index is 638. The molecule has 124 valence electrons. The number of aryl methyl sites for hydroxylation is 1. The first-order chi connectivity index (χ1) is 11.0. The van der Waals surface area contributed by atoms with Crippen molar-refractivity contribution in [1.29, 1.82) is 0 Å². The van der Waals surface area contributed by atoms with E-state index in [9.17, 15) is 4.79 Å². The number of carbonyl (C=O) groups is 1. The van der Waals surface area contributed by atoms with Crippen molar-refractivity contribution in [2.75, 3.05) is 18.5 Å². The molecule has 0 saturated heterocycles. The Morgan fingerprint density at radius 2 is 2.04 bits per heavy atom. The first-order valence-electron chi connectivity index (χ1n) is 7.86. The number of likely N-dealkylation sites (N-methyl/N-ethyl adjacent to an activating group) is 1. The fourth-order valence-corrected chi connectivity index (χ4v) is 2.71. The Kier molecular flexibility index (Phi) is 6.10. The average molecular weight is 332 g/mol. The van der Waals surface area contributed by atoms with Crippen LogP contribution >= 0.6 is 11.5 Å². The highest BCUT2D eigenvalue weighted by Gasteiger charge is 2.13. The summed E-state index contributed by atoms with van der Waals surface area (Å²) in [5, 5.41) is 3.73. The van der Waals surface area contributed by atoms with Gasteiger partial charge < -0.3 is 10.2 Å². The second-order valence-corrected chi connectivity index (χ2v) is 6.62. The first kappa shape index (κ1) is 17.4. The summed E-state index contributed by atoms with van der Waals surface area (Å²) in [6.07, 6.45) is 1.64. The van der Waals surface area contributed by atoms with E-state index in [1.165, 1.54) is 22.7 Å². The van der Waals surface area contributed by atoms with Gasteiger partial charge in [0, 0.05) is 31.0 Å². The molecule has 5 nitrogen and oxygen atoms in total. The maximum Gasteiger partial charge on any atom is 0.239 e. The molecule has 0 aliphatic carbocycles. The summed E-state index contributed by atoms with van der Waals surface area (Å²) in [6.45, 7) is 6.42. The summed E-state index contributed by atoms with van der Waals surface area (Å²) in [5.41, 5.74) is 2.44. The summed E-state index contributed by atoms with van der Waals surface area (Å²) >= 11 is 1.33. The number of hydrogen-bond donors (Lipinski definition) is 1. The molecule has 2 rings (SSSR count). The molecule has 0 aliphatic rings. The third-order valence-corrected chi connectivity index (χ3v) is 4.54. The van der Waals surface area contributed by atoms with Gasteiger partial charge >= 0.3 is 0 Å². The van der Waals surface area contributed by atoms with Crippen LogP contribution in [0.1, 0.15) is 37.2 Å². The number of benzene rings is 1. The van der Waals surface area contributed by atoms with Crippen molar-refractivity contribution in [1.82, 2.24) is 14.7 Å².